The van der Waals surface area contributed by atoms with Gasteiger partial charge in [0.1, 0.15) is 0 Å². The van der Waals surface area contributed by atoms with Gasteiger partial charge >= 0.3 is 0 Å². The molecular formula is C14H14N2. The van der Waals surface area contributed by atoms with Crippen molar-refractivity contribution in [2.75, 3.05) is 17.3 Å². The number of hydrogen-bond acceptors (Lipinski definition) is 2. The van der Waals surface area contributed by atoms with Gasteiger partial charge in [-0.05, 0) is 30.7 Å². The van der Waals surface area contributed by atoms with Crippen LogP contribution in [0, 0.1) is 6.92 Å². The van der Waals surface area contributed by atoms with Crippen LogP contribution in [0.5, 0.6) is 0 Å². The summed E-state index contributed by atoms with van der Waals surface area (Å²) < 4.78 is 0. The lowest BCUT2D eigenvalue weighted by Crippen LogP contribution is -2.18. The molecule has 0 radical (unpaired) electrons. The van der Waals surface area contributed by atoms with Crippen LogP contribution < -0.4 is 10.2 Å². The molecule has 0 spiro atoms. The third-order valence-corrected chi connectivity index (χ3v) is 3.11. The summed E-state index contributed by atoms with van der Waals surface area (Å²) in [5.41, 5.74) is 6.14. The molecule has 0 atom stereocenters. The maximum Gasteiger partial charge on any atom is 0.0677 e. The lowest BCUT2D eigenvalue weighted by atomic mass is 10.1. The molecule has 1 N–H and O–H groups in total. The van der Waals surface area contributed by atoms with Gasteiger partial charge in [0.15, 0.2) is 0 Å². The van der Waals surface area contributed by atoms with Crippen LogP contribution in [0.25, 0.3) is 0 Å². The van der Waals surface area contributed by atoms with Gasteiger partial charge in [-0.3, -0.25) is 0 Å². The van der Waals surface area contributed by atoms with E-state index in [-0.39, 0.29) is 0 Å². The van der Waals surface area contributed by atoms with Gasteiger partial charge < -0.3 is 10.2 Å². The van der Waals surface area contributed by atoms with Crippen molar-refractivity contribution in [3.63, 3.8) is 0 Å². The summed E-state index contributed by atoms with van der Waals surface area (Å²) in [5.74, 6) is 0. The normalized spacial score (nSPS) is 12.8. The number of fused-ring (bicyclic) bond motifs is 2. The van der Waals surface area contributed by atoms with E-state index in [9.17, 15) is 0 Å². The highest BCUT2D eigenvalue weighted by Crippen LogP contribution is 2.43. The van der Waals surface area contributed by atoms with Crippen LogP contribution in [0.1, 0.15) is 5.56 Å². The fraction of sp³-hybridized carbons (Fsp3) is 0.143. The summed E-state index contributed by atoms with van der Waals surface area (Å²) in [7, 11) is 2.12. The molecule has 1 aliphatic heterocycles. The fourth-order valence-electron chi connectivity index (χ4n) is 2.34. The average Bonchev–Trinajstić information content (AvgIpc) is 2.29. The SMILES string of the molecule is Cc1cccc2c1N(C)c1ccccc1N2. The Morgan fingerprint density at radius 1 is 0.938 bits per heavy atom. The highest BCUT2D eigenvalue weighted by Gasteiger charge is 2.19. The number of para-hydroxylation sites is 3. The van der Waals surface area contributed by atoms with Gasteiger partial charge in [-0.1, -0.05) is 24.3 Å². The smallest absolute Gasteiger partial charge is 0.0677 e. The van der Waals surface area contributed by atoms with Crippen molar-refractivity contribution in [1.29, 1.82) is 0 Å². The molecule has 80 valence electrons. The molecule has 1 aliphatic rings. The van der Waals surface area contributed by atoms with Gasteiger partial charge in [0.25, 0.3) is 0 Å². The zero-order valence-corrected chi connectivity index (χ0v) is 9.49. The molecule has 0 saturated heterocycles. The maximum absolute atomic E-state index is 3.47. The minimum atomic E-state index is 1.17. The van der Waals surface area contributed by atoms with Gasteiger partial charge in [-0.2, -0.15) is 0 Å². The summed E-state index contributed by atoms with van der Waals surface area (Å²) >= 11 is 0. The largest absolute Gasteiger partial charge is 0.352 e. The van der Waals surface area contributed by atoms with Crippen LogP contribution >= 0.6 is 0 Å². The number of anilines is 4. The predicted molar refractivity (Wildman–Crippen MR) is 69.0 cm³/mol. The Bertz CT molecular complexity index is 546. The minimum Gasteiger partial charge on any atom is -0.352 e. The standard InChI is InChI=1S/C14H14N2/c1-10-6-5-8-12-14(10)16(2)13-9-4-3-7-11(13)15-12/h3-9,15H,1-2H3. The third-order valence-electron chi connectivity index (χ3n) is 3.11. The van der Waals surface area contributed by atoms with E-state index >= 15 is 0 Å². The summed E-state index contributed by atoms with van der Waals surface area (Å²) in [5, 5.41) is 3.47. The first-order chi connectivity index (χ1) is 7.77. The molecule has 0 unspecified atom stereocenters. The zero-order valence-electron chi connectivity index (χ0n) is 9.49. The maximum atomic E-state index is 3.47. The summed E-state index contributed by atoms with van der Waals surface area (Å²) in [6, 6.07) is 14.7. The number of aryl methyl sites for hydroxylation is 1. The molecule has 3 rings (SSSR count). The van der Waals surface area contributed by atoms with Crippen molar-refractivity contribution in [2.45, 2.75) is 6.92 Å². The predicted octanol–water partition coefficient (Wildman–Crippen LogP) is 3.82. The minimum absolute atomic E-state index is 1.17. The average molecular weight is 210 g/mol. The van der Waals surface area contributed by atoms with Crippen LogP contribution in [0.15, 0.2) is 42.5 Å². The molecule has 2 aromatic carbocycles. The van der Waals surface area contributed by atoms with Gasteiger partial charge in [0.2, 0.25) is 0 Å². The first kappa shape index (κ1) is 9.28. The number of nitrogens with zero attached hydrogens (tertiary/aromatic N) is 1. The van der Waals surface area contributed by atoms with E-state index in [1.165, 1.54) is 28.3 Å². The van der Waals surface area contributed by atoms with Gasteiger partial charge in [-0.15, -0.1) is 0 Å². The van der Waals surface area contributed by atoms with Crippen LogP contribution in [-0.4, -0.2) is 7.05 Å². The molecule has 0 saturated carbocycles. The monoisotopic (exact) mass is 210 g/mol. The second-order valence-corrected chi connectivity index (χ2v) is 4.17. The molecule has 16 heavy (non-hydrogen) atoms. The zero-order chi connectivity index (χ0) is 11.1. The first-order valence-corrected chi connectivity index (χ1v) is 5.47. The Balaban J connectivity index is 2.23. The molecule has 1 heterocycles. The molecule has 0 fully saturated rings. The second-order valence-electron chi connectivity index (χ2n) is 4.17. The van der Waals surface area contributed by atoms with E-state index in [4.69, 9.17) is 0 Å². The Kier molecular flexibility index (Phi) is 1.90. The number of rotatable bonds is 0. The lowest BCUT2D eigenvalue weighted by molar-refractivity contribution is 1.16. The quantitative estimate of drug-likeness (QED) is 0.711. The van der Waals surface area contributed by atoms with Crippen molar-refractivity contribution in [3.8, 4) is 0 Å². The lowest BCUT2D eigenvalue weighted by Gasteiger charge is -2.32. The molecule has 2 aromatic rings. The van der Waals surface area contributed by atoms with E-state index in [2.05, 4.69) is 66.7 Å². The molecule has 0 amide bonds. The number of hydrogen-bond donors (Lipinski definition) is 1. The van der Waals surface area contributed by atoms with Crippen molar-refractivity contribution >= 4 is 22.7 Å². The number of benzene rings is 2. The van der Waals surface area contributed by atoms with Gasteiger partial charge in [0, 0.05) is 7.05 Å². The van der Waals surface area contributed by atoms with Crippen molar-refractivity contribution in [1.82, 2.24) is 0 Å². The van der Waals surface area contributed by atoms with Crippen molar-refractivity contribution in [3.05, 3.63) is 48.0 Å². The molecule has 0 bridgehead atoms. The molecular weight excluding hydrogens is 196 g/mol. The van der Waals surface area contributed by atoms with Crippen LogP contribution in [0.3, 0.4) is 0 Å². The van der Waals surface area contributed by atoms with Gasteiger partial charge in [-0.25, -0.2) is 0 Å². The van der Waals surface area contributed by atoms with Crippen LogP contribution in [0.2, 0.25) is 0 Å². The molecule has 2 heteroatoms. The van der Waals surface area contributed by atoms with E-state index < -0.39 is 0 Å². The summed E-state index contributed by atoms with van der Waals surface area (Å²) in [6.07, 6.45) is 0. The second kappa shape index (κ2) is 3.27. The molecule has 2 nitrogen and oxygen atoms in total. The Labute approximate surface area is 95.5 Å². The Morgan fingerprint density at radius 3 is 2.56 bits per heavy atom. The van der Waals surface area contributed by atoms with Crippen molar-refractivity contribution < 1.29 is 0 Å². The fourth-order valence-corrected chi connectivity index (χ4v) is 2.34. The Hall–Kier alpha value is -1.96. The topological polar surface area (TPSA) is 15.3 Å². The highest BCUT2D eigenvalue weighted by atomic mass is 15.2. The van der Waals surface area contributed by atoms with E-state index in [1.807, 2.05) is 0 Å². The first-order valence-electron chi connectivity index (χ1n) is 5.47. The van der Waals surface area contributed by atoms with Crippen LogP contribution in [-0.2, 0) is 0 Å². The van der Waals surface area contributed by atoms with Crippen molar-refractivity contribution in [2.24, 2.45) is 0 Å². The third kappa shape index (κ3) is 1.20. The van der Waals surface area contributed by atoms with Gasteiger partial charge in [0.05, 0.1) is 22.7 Å². The molecule has 0 aliphatic carbocycles. The Morgan fingerprint density at radius 2 is 1.69 bits per heavy atom. The number of nitrogens with one attached hydrogen (secondary N) is 1. The van der Waals surface area contributed by atoms with E-state index in [0.717, 1.165) is 0 Å². The van der Waals surface area contributed by atoms with E-state index in [1.54, 1.807) is 0 Å². The molecule has 0 aromatic heterocycles. The summed E-state index contributed by atoms with van der Waals surface area (Å²) in [6.45, 7) is 2.14. The highest BCUT2D eigenvalue weighted by molar-refractivity contribution is 5.92. The summed E-state index contributed by atoms with van der Waals surface area (Å²) in [4.78, 5) is 2.25. The van der Waals surface area contributed by atoms with Crippen LogP contribution in [0.4, 0.5) is 22.7 Å². The van der Waals surface area contributed by atoms with E-state index in [0.29, 0.717) is 0 Å².